The maximum atomic E-state index is 5.47. The number of para-hydroxylation sites is 1. The summed E-state index contributed by atoms with van der Waals surface area (Å²) in [5.74, 6) is 0.925. The van der Waals surface area contributed by atoms with Gasteiger partial charge < -0.3 is 4.74 Å². The molecular formula is C12H14O. The Morgan fingerprint density at radius 2 is 2.00 bits per heavy atom. The molecule has 0 radical (unpaired) electrons. The van der Waals surface area contributed by atoms with Crippen LogP contribution in [-0.4, -0.2) is 6.61 Å². The number of ether oxygens (including phenoxy) is 1. The second-order valence-electron chi connectivity index (χ2n) is 2.61. The van der Waals surface area contributed by atoms with Gasteiger partial charge in [-0.1, -0.05) is 43.0 Å². The summed E-state index contributed by atoms with van der Waals surface area (Å²) >= 11 is 0. The van der Waals surface area contributed by atoms with E-state index in [0.717, 1.165) is 12.2 Å². The van der Waals surface area contributed by atoms with Crippen molar-refractivity contribution < 1.29 is 4.74 Å². The Kier molecular flexibility index (Phi) is 4.47. The lowest BCUT2D eigenvalue weighted by molar-refractivity contribution is 0.325. The number of rotatable bonds is 5. The predicted octanol–water partition coefficient (Wildman–Crippen LogP) is 3.20. The highest BCUT2D eigenvalue weighted by atomic mass is 16.5. The van der Waals surface area contributed by atoms with E-state index in [4.69, 9.17) is 4.74 Å². The summed E-state index contributed by atoms with van der Waals surface area (Å²) in [4.78, 5) is 0. The second-order valence-corrected chi connectivity index (χ2v) is 2.61. The summed E-state index contributed by atoms with van der Waals surface area (Å²) in [7, 11) is 0. The van der Waals surface area contributed by atoms with Gasteiger partial charge in [0, 0.05) is 0 Å². The summed E-state index contributed by atoms with van der Waals surface area (Å²) in [5.41, 5.74) is 0. The zero-order valence-electron chi connectivity index (χ0n) is 7.65. The third-order valence-corrected chi connectivity index (χ3v) is 1.57. The van der Waals surface area contributed by atoms with E-state index in [-0.39, 0.29) is 0 Å². The monoisotopic (exact) mass is 174 g/mol. The molecule has 0 spiro atoms. The first-order chi connectivity index (χ1) is 6.43. The van der Waals surface area contributed by atoms with Gasteiger partial charge in [-0.2, -0.15) is 0 Å². The van der Waals surface area contributed by atoms with Gasteiger partial charge in [-0.15, -0.1) is 0 Å². The lowest BCUT2D eigenvalue weighted by Crippen LogP contribution is -1.94. The molecule has 0 saturated heterocycles. The molecule has 0 aliphatic heterocycles. The van der Waals surface area contributed by atoms with Crippen molar-refractivity contribution in [3.05, 3.63) is 55.1 Å². The van der Waals surface area contributed by atoms with E-state index in [9.17, 15) is 0 Å². The quantitative estimate of drug-likeness (QED) is 0.492. The molecule has 1 heteroatoms. The SMILES string of the molecule is C=CC=CCCOc1ccccc1. The van der Waals surface area contributed by atoms with E-state index in [2.05, 4.69) is 6.58 Å². The Balaban J connectivity index is 2.20. The molecule has 1 aromatic carbocycles. The Morgan fingerprint density at radius 3 is 2.69 bits per heavy atom. The lowest BCUT2D eigenvalue weighted by atomic mass is 10.3. The topological polar surface area (TPSA) is 9.23 Å². The van der Waals surface area contributed by atoms with Gasteiger partial charge in [-0.25, -0.2) is 0 Å². The molecule has 0 aliphatic carbocycles. The molecule has 1 nitrogen and oxygen atoms in total. The molecule has 0 saturated carbocycles. The molecule has 0 amide bonds. The maximum absolute atomic E-state index is 5.47. The Labute approximate surface area is 79.4 Å². The minimum absolute atomic E-state index is 0.717. The van der Waals surface area contributed by atoms with Crippen LogP contribution in [0.25, 0.3) is 0 Å². The third kappa shape index (κ3) is 4.16. The largest absolute Gasteiger partial charge is 0.493 e. The molecular weight excluding hydrogens is 160 g/mol. The fourth-order valence-electron chi connectivity index (χ4n) is 0.954. The molecule has 0 N–H and O–H groups in total. The number of benzene rings is 1. The number of hydrogen-bond acceptors (Lipinski definition) is 1. The van der Waals surface area contributed by atoms with E-state index >= 15 is 0 Å². The van der Waals surface area contributed by atoms with Crippen LogP contribution in [0.1, 0.15) is 6.42 Å². The summed E-state index contributed by atoms with van der Waals surface area (Å²) in [6, 6.07) is 9.82. The average molecular weight is 174 g/mol. The molecule has 0 heterocycles. The van der Waals surface area contributed by atoms with Gasteiger partial charge in [-0.05, 0) is 18.6 Å². The molecule has 0 aromatic heterocycles. The highest BCUT2D eigenvalue weighted by Crippen LogP contribution is 2.08. The van der Waals surface area contributed by atoms with Crippen LogP contribution >= 0.6 is 0 Å². The third-order valence-electron chi connectivity index (χ3n) is 1.57. The first kappa shape index (κ1) is 9.59. The first-order valence-electron chi connectivity index (χ1n) is 4.39. The molecule has 68 valence electrons. The highest BCUT2D eigenvalue weighted by molar-refractivity contribution is 5.20. The number of allylic oxidation sites excluding steroid dienone is 2. The second kappa shape index (κ2) is 6.06. The Morgan fingerprint density at radius 1 is 1.23 bits per heavy atom. The number of hydrogen-bond donors (Lipinski definition) is 0. The standard InChI is InChI=1S/C12H14O/c1-2-3-4-8-11-13-12-9-6-5-7-10-12/h2-7,9-10H,1,8,11H2. The first-order valence-corrected chi connectivity index (χ1v) is 4.39. The molecule has 0 atom stereocenters. The molecule has 0 aliphatic rings. The van der Waals surface area contributed by atoms with Crippen LogP contribution in [0.4, 0.5) is 0 Å². The van der Waals surface area contributed by atoms with Gasteiger partial charge in [0.05, 0.1) is 6.61 Å². The fraction of sp³-hybridized carbons (Fsp3) is 0.167. The van der Waals surface area contributed by atoms with Crippen molar-refractivity contribution in [1.29, 1.82) is 0 Å². The van der Waals surface area contributed by atoms with E-state index in [1.807, 2.05) is 42.5 Å². The Hall–Kier alpha value is -1.50. The van der Waals surface area contributed by atoms with Crippen molar-refractivity contribution in [3.63, 3.8) is 0 Å². The van der Waals surface area contributed by atoms with Gasteiger partial charge in [0.2, 0.25) is 0 Å². The Bertz CT molecular complexity index is 262. The van der Waals surface area contributed by atoms with Gasteiger partial charge in [0.15, 0.2) is 0 Å². The van der Waals surface area contributed by atoms with E-state index in [0.29, 0.717) is 6.61 Å². The smallest absolute Gasteiger partial charge is 0.119 e. The van der Waals surface area contributed by atoms with Crippen molar-refractivity contribution >= 4 is 0 Å². The zero-order valence-corrected chi connectivity index (χ0v) is 7.65. The van der Waals surface area contributed by atoms with Crippen molar-refractivity contribution in [2.75, 3.05) is 6.61 Å². The van der Waals surface area contributed by atoms with Gasteiger partial charge in [0.25, 0.3) is 0 Å². The molecule has 0 bridgehead atoms. The molecule has 1 rings (SSSR count). The van der Waals surface area contributed by atoms with E-state index in [1.54, 1.807) is 6.08 Å². The summed E-state index contributed by atoms with van der Waals surface area (Å²) in [6.07, 6.45) is 6.65. The highest BCUT2D eigenvalue weighted by Gasteiger charge is 1.87. The van der Waals surface area contributed by atoms with Gasteiger partial charge in [-0.3, -0.25) is 0 Å². The van der Waals surface area contributed by atoms with Crippen LogP contribution in [0.3, 0.4) is 0 Å². The van der Waals surface area contributed by atoms with E-state index in [1.165, 1.54) is 0 Å². The van der Waals surface area contributed by atoms with Crippen LogP contribution in [0.5, 0.6) is 5.75 Å². The van der Waals surface area contributed by atoms with Gasteiger partial charge in [0.1, 0.15) is 5.75 Å². The molecule has 0 fully saturated rings. The summed E-state index contributed by atoms with van der Waals surface area (Å²) < 4.78 is 5.47. The zero-order chi connectivity index (χ0) is 9.36. The van der Waals surface area contributed by atoms with Crippen LogP contribution < -0.4 is 4.74 Å². The summed E-state index contributed by atoms with van der Waals surface area (Å²) in [6.45, 7) is 4.31. The minimum Gasteiger partial charge on any atom is -0.493 e. The van der Waals surface area contributed by atoms with Crippen molar-refractivity contribution in [2.24, 2.45) is 0 Å². The van der Waals surface area contributed by atoms with Crippen LogP contribution in [0.2, 0.25) is 0 Å². The molecule has 13 heavy (non-hydrogen) atoms. The van der Waals surface area contributed by atoms with Crippen LogP contribution in [-0.2, 0) is 0 Å². The van der Waals surface area contributed by atoms with Crippen molar-refractivity contribution in [1.82, 2.24) is 0 Å². The lowest BCUT2D eigenvalue weighted by Gasteiger charge is -2.02. The molecule has 1 aromatic rings. The normalized spacial score (nSPS) is 10.2. The van der Waals surface area contributed by atoms with Crippen molar-refractivity contribution in [3.8, 4) is 5.75 Å². The fourth-order valence-corrected chi connectivity index (χ4v) is 0.954. The summed E-state index contributed by atoms with van der Waals surface area (Å²) in [5, 5.41) is 0. The predicted molar refractivity (Wildman–Crippen MR) is 55.9 cm³/mol. The van der Waals surface area contributed by atoms with Crippen LogP contribution in [0.15, 0.2) is 55.1 Å². The minimum atomic E-state index is 0.717. The molecule has 0 unspecified atom stereocenters. The van der Waals surface area contributed by atoms with Gasteiger partial charge >= 0.3 is 0 Å². The van der Waals surface area contributed by atoms with E-state index < -0.39 is 0 Å². The average Bonchev–Trinajstić information content (AvgIpc) is 2.19. The maximum Gasteiger partial charge on any atom is 0.119 e. The van der Waals surface area contributed by atoms with Crippen molar-refractivity contribution in [2.45, 2.75) is 6.42 Å². The van der Waals surface area contributed by atoms with Crippen LogP contribution in [0, 0.1) is 0 Å².